The van der Waals surface area contributed by atoms with Gasteiger partial charge in [0.2, 0.25) is 0 Å². The number of nitrogens with zero attached hydrogens (tertiary/aromatic N) is 2. The van der Waals surface area contributed by atoms with Gasteiger partial charge >= 0.3 is 15.0 Å². The lowest BCUT2D eigenvalue weighted by Crippen LogP contribution is -2.42. The Balaban J connectivity index is 2.31. The maximum absolute atomic E-state index is 12.5. The zero-order chi connectivity index (χ0) is 28.7. The Labute approximate surface area is 221 Å². The van der Waals surface area contributed by atoms with Crippen molar-refractivity contribution in [1.82, 2.24) is 5.06 Å². The summed E-state index contributed by atoms with van der Waals surface area (Å²) in [5.41, 5.74) is -1.26. The average Bonchev–Trinajstić information content (AvgIpc) is 3.18. The molecule has 15 heteroatoms. The number of ether oxygens (including phenoxy) is 3. The average molecular weight is 559 g/mol. The van der Waals surface area contributed by atoms with Crippen molar-refractivity contribution in [3.05, 3.63) is 27.8 Å². The van der Waals surface area contributed by atoms with Crippen LogP contribution in [0.3, 0.4) is 0 Å². The molecule has 0 spiro atoms. The number of nitro groups is 1. The number of hydrogen-bond acceptors (Lipinski definition) is 12. The molecule has 0 saturated carbocycles. The van der Waals surface area contributed by atoms with Crippen molar-refractivity contribution in [2.45, 2.75) is 52.2 Å². The molecule has 2 rings (SSSR count). The second kappa shape index (κ2) is 13.0. The first kappa shape index (κ1) is 30.9. The SMILES string of the molecule is COc1cc(C(OC(=O)ON2C(=O)CCC2=O)C(C)(C)C)c([N+](=O)[O-])cc1OCCC[Si](OC)(OC)OC. The number of carbonyl (C=O) groups excluding carboxylic acids is 3. The molecule has 1 aliphatic rings. The highest BCUT2D eigenvalue weighted by Crippen LogP contribution is 2.45. The van der Waals surface area contributed by atoms with Gasteiger partial charge in [0, 0.05) is 45.6 Å². The van der Waals surface area contributed by atoms with Crippen molar-refractivity contribution in [2.75, 3.05) is 35.0 Å². The lowest BCUT2D eigenvalue weighted by atomic mass is 9.83. The third-order valence-electron chi connectivity index (χ3n) is 5.78. The van der Waals surface area contributed by atoms with Gasteiger partial charge in [0.25, 0.3) is 17.5 Å². The molecule has 1 aliphatic heterocycles. The third kappa shape index (κ3) is 7.40. The first-order valence-corrected chi connectivity index (χ1v) is 13.6. The first-order chi connectivity index (χ1) is 17.8. The van der Waals surface area contributed by atoms with Crippen LogP contribution >= 0.6 is 0 Å². The number of carbonyl (C=O) groups is 3. The summed E-state index contributed by atoms with van der Waals surface area (Å²) in [7, 11) is 3.04. The molecular weight excluding hydrogens is 524 g/mol. The summed E-state index contributed by atoms with van der Waals surface area (Å²) in [4.78, 5) is 52.3. The predicted octanol–water partition coefficient (Wildman–Crippen LogP) is 3.55. The van der Waals surface area contributed by atoms with E-state index < -0.39 is 48.9 Å². The lowest BCUT2D eigenvalue weighted by Gasteiger charge is -2.30. The molecule has 38 heavy (non-hydrogen) atoms. The smallest absolute Gasteiger partial charge is 0.493 e. The molecule has 1 atom stereocenters. The van der Waals surface area contributed by atoms with Gasteiger partial charge in [-0.05, 0) is 12.5 Å². The van der Waals surface area contributed by atoms with Gasteiger partial charge in [0.1, 0.15) is 6.10 Å². The largest absolute Gasteiger partial charge is 0.534 e. The van der Waals surface area contributed by atoms with Crippen molar-refractivity contribution in [3.63, 3.8) is 0 Å². The summed E-state index contributed by atoms with van der Waals surface area (Å²) < 4.78 is 32.7. The molecule has 1 fully saturated rings. The minimum absolute atomic E-state index is 0.00676. The minimum Gasteiger partial charge on any atom is -0.493 e. The Morgan fingerprint density at radius 3 is 2.11 bits per heavy atom. The van der Waals surface area contributed by atoms with Gasteiger partial charge in [-0.2, -0.15) is 0 Å². The molecule has 0 bridgehead atoms. The maximum atomic E-state index is 12.5. The van der Waals surface area contributed by atoms with Crippen LogP contribution in [-0.2, 0) is 32.4 Å². The molecule has 0 aliphatic carbocycles. The van der Waals surface area contributed by atoms with Gasteiger partial charge in [0.15, 0.2) is 11.5 Å². The van der Waals surface area contributed by atoms with Gasteiger partial charge in [-0.25, -0.2) is 4.79 Å². The predicted molar refractivity (Wildman–Crippen MR) is 132 cm³/mol. The van der Waals surface area contributed by atoms with Gasteiger partial charge < -0.3 is 27.5 Å². The number of imide groups is 1. The van der Waals surface area contributed by atoms with E-state index in [2.05, 4.69) is 0 Å². The fraction of sp³-hybridized carbons (Fsp3) is 0.609. The van der Waals surface area contributed by atoms with Crippen molar-refractivity contribution in [3.8, 4) is 11.5 Å². The number of benzene rings is 1. The quantitative estimate of drug-likeness (QED) is 0.0865. The third-order valence-corrected chi connectivity index (χ3v) is 8.61. The molecule has 0 radical (unpaired) electrons. The van der Waals surface area contributed by atoms with Gasteiger partial charge in [-0.3, -0.25) is 24.5 Å². The summed E-state index contributed by atoms with van der Waals surface area (Å²) in [6, 6.07) is 2.98. The van der Waals surface area contributed by atoms with Crippen LogP contribution in [0.15, 0.2) is 12.1 Å². The van der Waals surface area contributed by atoms with E-state index in [9.17, 15) is 24.5 Å². The van der Waals surface area contributed by atoms with Crippen LogP contribution in [0.5, 0.6) is 11.5 Å². The number of methoxy groups -OCH3 is 1. The number of amides is 2. The summed E-state index contributed by atoms with van der Waals surface area (Å²) in [6.45, 7) is 5.22. The van der Waals surface area contributed by atoms with Gasteiger partial charge in [-0.15, -0.1) is 0 Å². The summed E-state index contributed by atoms with van der Waals surface area (Å²) in [6.07, 6.45) is -2.30. The standard InChI is InChI=1S/C23H34N2O12Si/c1-23(2,3)21(36-22(28)37-24-19(26)9-10-20(24)27)15-13-17(31-4)18(14-16(15)25(29)30)35-11-8-12-38(32-5,33-6)34-7/h13-14,21H,8-12H2,1-7H3. The number of rotatable bonds is 13. The Morgan fingerprint density at radius 1 is 1.05 bits per heavy atom. The highest BCUT2D eigenvalue weighted by Gasteiger charge is 2.40. The number of nitro benzene ring substituents is 1. The zero-order valence-electron chi connectivity index (χ0n) is 22.6. The minimum atomic E-state index is -2.81. The molecular formula is C23H34N2O12Si. The monoisotopic (exact) mass is 558 g/mol. The van der Waals surface area contributed by atoms with Crippen LogP contribution in [-0.4, -0.2) is 71.8 Å². The fourth-order valence-corrected chi connectivity index (χ4v) is 5.48. The van der Waals surface area contributed by atoms with E-state index in [4.69, 9.17) is 32.3 Å². The second-order valence-electron chi connectivity index (χ2n) is 9.35. The molecule has 14 nitrogen and oxygen atoms in total. The molecule has 212 valence electrons. The molecule has 1 aromatic carbocycles. The van der Waals surface area contributed by atoms with E-state index in [1.165, 1.54) is 40.6 Å². The highest BCUT2D eigenvalue weighted by atomic mass is 28.4. The van der Waals surface area contributed by atoms with E-state index >= 15 is 0 Å². The summed E-state index contributed by atoms with van der Waals surface area (Å²) in [5.74, 6) is -1.11. The number of hydroxylamine groups is 2. The molecule has 1 aromatic rings. The van der Waals surface area contributed by atoms with Crippen molar-refractivity contribution >= 4 is 32.5 Å². The van der Waals surface area contributed by atoms with Crippen LogP contribution < -0.4 is 9.47 Å². The normalized spacial score (nSPS) is 14.9. The van der Waals surface area contributed by atoms with Crippen LogP contribution in [0.2, 0.25) is 6.04 Å². The van der Waals surface area contributed by atoms with E-state index in [0.717, 1.165) is 0 Å². The van der Waals surface area contributed by atoms with E-state index in [-0.39, 0.29) is 36.5 Å². The van der Waals surface area contributed by atoms with E-state index in [1.54, 1.807) is 20.8 Å². The first-order valence-electron chi connectivity index (χ1n) is 11.7. The van der Waals surface area contributed by atoms with Crippen molar-refractivity contribution < 1.29 is 51.6 Å². The number of hydrogen-bond donors (Lipinski definition) is 0. The maximum Gasteiger partial charge on any atom is 0.534 e. The van der Waals surface area contributed by atoms with Crippen LogP contribution in [0.25, 0.3) is 0 Å². The van der Waals surface area contributed by atoms with E-state index in [0.29, 0.717) is 17.5 Å². The Morgan fingerprint density at radius 2 is 1.63 bits per heavy atom. The summed E-state index contributed by atoms with van der Waals surface area (Å²) in [5, 5.41) is 12.4. The second-order valence-corrected chi connectivity index (χ2v) is 12.4. The topological polar surface area (TPSA) is 162 Å². The highest BCUT2D eigenvalue weighted by molar-refractivity contribution is 6.60. The summed E-state index contributed by atoms with van der Waals surface area (Å²) >= 11 is 0. The van der Waals surface area contributed by atoms with Crippen LogP contribution in [0, 0.1) is 15.5 Å². The van der Waals surface area contributed by atoms with Crippen LogP contribution in [0.1, 0.15) is 51.7 Å². The van der Waals surface area contributed by atoms with E-state index in [1.807, 2.05) is 0 Å². The molecule has 1 heterocycles. The molecule has 0 N–H and O–H groups in total. The molecule has 0 aromatic heterocycles. The molecule has 1 unspecified atom stereocenters. The van der Waals surface area contributed by atoms with Gasteiger partial charge in [0.05, 0.1) is 30.3 Å². The van der Waals surface area contributed by atoms with Gasteiger partial charge in [-0.1, -0.05) is 25.8 Å². The Bertz CT molecular complexity index is 1010. The lowest BCUT2D eigenvalue weighted by molar-refractivity contribution is -0.386. The van der Waals surface area contributed by atoms with Crippen LogP contribution in [0.4, 0.5) is 10.5 Å². The molecule has 1 saturated heterocycles. The molecule has 2 amide bonds. The van der Waals surface area contributed by atoms with Crippen molar-refractivity contribution in [2.24, 2.45) is 5.41 Å². The van der Waals surface area contributed by atoms with Crippen molar-refractivity contribution in [1.29, 1.82) is 0 Å². The fourth-order valence-electron chi connectivity index (χ4n) is 3.79. The Hall–Kier alpha value is -3.27. The Kier molecular flexibility index (Phi) is 10.6. The zero-order valence-corrected chi connectivity index (χ0v) is 23.6.